The van der Waals surface area contributed by atoms with Crippen LogP contribution in [0.2, 0.25) is 0 Å². The molecule has 4 heteroatoms. The average Bonchev–Trinajstić information content (AvgIpc) is 2.92. The topological polar surface area (TPSA) is 51.5 Å². The van der Waals surface area contributed by atoms with Gasteiger partial charge in [-0.2, -0.15) is 0 Å². The molecule has 19 heavy (non-hydrogen) atoms. The number of carbonyl (C=O) groups is 1. The molecule has 0 fully saturated rings. The molecular weight excluding hydrogens is 242 g/mol. The highest BCUT2D eigenvalue weighted by atomic mass is 16.5. The SMILES string of the molecule is Cc1cccc(OCCCNC(=O)c2ccoc2)c1. The van der Waals surface area contributed by atoms with Gasteiger partial charge in [0.25, 0.3) is 5.91 Å². The van der Waals surface area contributed by atoms with Crippen LogP contribution in [0.4, 0.5) is 0 Å². The molecule has 0 bridgehead atoms. The van der Waals surface area contributed by atoms with E-state index in [0.717, 1.165) is 12.2 Å². The number of benzene rings is 1. The Labute approximate surface area is 112 Å². The average molecular weight is 259 g/mol. The Bertz CT molecular complexity index is 520. The van der Waals surface area contributed by atoms with Crippen LogP contribution in [0, 0.1) is 6.92 Å². The van der Waals surface area contributed by atoms with Gasteiger partial charge in [0.05, 0.1) is 18.4 Å². The van der Waals surface area contributed by atoms with Crippen molar-refractivity contribution in [1.82, 2.24) is 5.32 Å². The molecule has 4 nitrogen and oxygen atoms in total. The van der Waals surface area contributed by atoms with Gasteiger partial charge in [-0.15, -0.1) is 0 Å². The molecule has 0 aliphatic heterocycles. The van der Waals surface area contributed by atoms with Crippen LogP contribution in [0.15, 0.2) is 47.3 Å². The second kappa shape index (κ2) is 6.64. The summed E-state index contributed by atoms with van der Waals surface area (Å²) in [7, 11) is 0. The zero-order chi connectivity index (χ0) is 13.5. The predicted octanol–water partition coefficient (Wildman–Crippen LogP) is 2.79. The molecule has 100 valence electrons. The maximum absolute atomic E-state index is 11.6. The summed E-state index contributed by atoms with van der Waals surface area (Å²) >= 11 is 0. The van der Waals surface area contributed by atoms with Crippen LogP contribution < -0.4 is 10.1 Å². The number of furan rings is 1. The Balaban J connectivity index is 1.64. The third-order valence-electron chi connectivity index (χ3n) is 2.65. The van der Waals surface area contributed by atoms with Crippen molar-refractivity contribution in [1.29, 1.82) is 0 Å². The van der Waals surface area contributed by atoms with Crippen molar-refractivity contribution in [3.05, 3.63) is 54.0 Å². The summed E-state index contributed by atoms with van der Waals surface area (Å²) in [5, 5.41) is 2.80. The van der Waals surface area contributed by atoms with Crippen molar-refractivity contribution >= 4 is 5.91 Å². The van der Waals surface area contributed by atoms with Gasteiger partial charge < -0.3 is 14.5 Å². The summed E-state index contributed by atoms with van der Waals surface area (Å²) in [6, 6.07) is 9.54. The van der Waals surface area contributed by atoms with Gasteiger partial charge in [-0.05, 0) is 37.1 Å². The zero-order valence-corrected chi connectivity index (χ0v) is 10.9. The second-order valence-corrected chi connectivity index (χ2v) is 4.29. The molecule has 2 rings (SSSR count). The van der Waals surface area contributed by atoms with Crippen LogP contribution in [0.5, 0.6) is 5.75 Å². The van der Waals surface area contributed by atoms with Crippen LogP contribution >= 0.6 is 0 Å². The summed E-state index contributed by atoms with van der Waals surface area (Å²) in [5.74, 6) is 0.741. The Morgan fingerprint density at radius 2 is 2.26 bits per heavy atom. The molecule has 0 aliphatic rings. The van der Waals surface area contributed by atoms with E-state index in [2.05, 4.69) is 5.32 Å². The van der Waals surface area contributed by atoms with E-state index >= 15 is 0 Å². The summed E-state index contributed by atoms with van der Waals surface area (Å²) in [6.45, 7) is 3.18. The summed E-state index contributed by atoms with van der Waals surface area (Å²) in [5.41, 5.74) is 1.71. The number of nitrogens with one attached hydrogen (secondary N) is 1. The van der Waals surface area contributed by atoms with Crippen molar-refractivity contribution in [2.75, 3.05) is 13.2 Å². The van der Waals surface area contributed by atoms with Gasteiger partial charge >= 0.3 is 0 Å². The number of aryl methyl sites for hydroxylation is 1. The molecule has 1 heterocycles. The Kier molecular flexibility index (Phi) is 4.61. The van der Waals surface area contributed by atoms with Gasteiger partial charge in [-0.3, -0.25) is 4.79 Å². The number of hydrogen-bond donors (Lipinski definition) is 1. The van der Waals surface area contributed by atoms with Gasteiger partial charge in [0.1, 0.15) is 12.0 Å². The first-order valence-electron chi connectivity index (χ1n) is 6.25. The van der Waals surface area contributed by atoms with Crippen molar-refractivity contribution < 1.29 is 13.9 Å². The first-order chi connectivity index (χ1) is 9.25. The highest BCUT2D eigenvalue weighted by Gasteiger charge is 2.05. The van der Waals surface area contributed by atoms with Crippen molar-refractivity contribution in [3.63, 3.8) is 0 Å². The third-order valence-corrected chi connectivity index (χ3v) is 2.65. The van der Waals surface area contributed by atoms with E-state index in [-0.39, 0.29) is 5.91 Å². The number of hydrogen-bond acceptors (Lipinski definition) is 3. The van der Waals surface area contributed by atoms with Gasteiger partial charge in [0, 0.05) is 6.54 Å². The quantitative estimate of drug-likeness (QED) is 0.811. The molecule has 2 aromatic rings. The van der Waals surface area contributed by atoms with E-state index in [0.29, 0.717) is 18.7 Å². The predicted molar refractivity (Wildman–Crippen MR) is 72.3 cm³/mol. The molecular formula is C15H17NO3. The van der Waals surface area contributed by atoms with Gasteiger partial charge in [0.2, 0.25) is 0 Å². The van der Waals surface area contributed by atoms with E-state index < -0.39 is 0 Å². The van der Waals surface area contributed by atoms with Crippen LogP contribution in [0.1, 0.15) is 22.3 Å². The smallest absolute Gasteiger partial charge is 0.254 e. The van der Waals surface area contributed by atoms with Crippen LogP contribution in [0.25, 0.3) is 0 Å². The lowest BCUT2D eigenvalue weighted by Crippen LogP contribution is -2.25. The Morgan fingerprint density at radius 1 is 1.37 bits per heavy atom. The largest absolute Gasteiger partial charge is 0.494 e. The van der Waals surface area contributed by atoms with Gasteiger partial charge in [0.15, 0.2) is 0 Å². The molecule has 1 aromatic carbocycles. The second-order valence-electron chi connectivity index (χ2n) is 4.29. The lowest BCUT2D eigenvalue weighted by atomic mass is 10.2. The van der Waals surface area contributed by atoms with Crippen molar-refractivity contribution in [2.24, 2.45) is 0 Å². The van der Waals surface area contributed by atoms with Gasteiger partial charge in [-0.25, -0.2) is 0 Å². The molecule has 1 N–H and O–H groups in total. The zero-order valence-electron chi connectivity index (χ0n) is 10.9. The van der Waals surface area contributed by atoms with Crippen LogP contribution in [-0.2, 0) is 0 Å². The Hall–Kier alpha value is -2.23. The van der Waals surface area contributed by atoms with Crippen molar-refractivity contribution in [2.45, 2.75) is 13.3 Å². The number of amides is 1. The van der Waals surface area contributed by atoms with E-state index in [1.165, 1.54) is 18.1 Å². The van der Waals surface area contributed by atoms with Crippen molar-refractivity contribution in [3.8, 4) is 5.75 Å². The number of ether oxygens (including phenoxy) is 1. The third kappa shape index (κ3) is 4.17. The minimum atomic E-state index is -0.121. The fourth-order valence-corrected chi connectivity index (χ4v) is 1.66. The highest BCUT2D eigenvalue weighted by Crippen LogP contribution is 2.12. The number of rotatable bonds is 6. The monoisotopic (exact) mass is 259 g/mol. The lowest BCUT2D eigenvalue weighted by Gasteiger charge is -2.07. The first-order valence-corrected chi connectivity index (χ1v) is 6.25. The molecule has 0 saturated carbocycles. The van der Waals surface area contributed by atoms with E-state index in [9.17, 15) is 4.79 Å². The normalized spacial score (nSPS) is 10.2. The molecule has 0 radical (unpaired) electrons. The van der Waals surface area contributed by atoms with Gasteiger partial charge in [-0.1, -0.05) is 12.1 Å². The standard InChI is InChI=1S/C15H17NO3/c1-12-4-2-5-14(10-12)19-8-3-7-16-15(17)13-6-9-18-11-13/h2,4-6,9-11H,3,7-8H2,1H3,(H,16,17). The maximum atomic E-state index is 11.6. The summed E-state index contributed by atoms with van der Waals surface area (Å²) in [6.07, 6.45) is 3.67. The molecule has 1 aromatic heterocycles. The molecule has 0 aliphatic carbocycles. The lowest BCUT2D eigenvalue weighted by molar-refractivity contribution is 0.0951. The minimum Gasteiger partial charge on any atom is -0.494 e. The van der Waals surface area contributed by atoms with Crippen LogP contribution in [0.3, 0.4) is 0 Å². The molecule has 0 saturated heterocycles. The van der Waals surface area contributed by atoms with E-state index in [1.807, 2.05) is 31.2 Å². The molecule has 1 amide bonds. The van der Waals surface area contributed by atoms with Crippen LogP contribution in [-0.4, -0.2) is 19.1 Å². The van der Waals surface area contributed by atoms with E-state index in [1.54, 1.807) is 6.07 Å². The molecule has 0 spiro atoms. The summed E-state index contributed by atoms with van der Waals surface area (Å²) in [4.78, 5) is 11.6. The fourth-order valence-electron chi connectivity index (χ4n) is 1.66. The molecule has 0 unspecified atom stereocenters. The fraction of sp³-hybridized carbons (Fsp3) is 0.267. The maximum Gasteiger partial charge on any atom is 0.254 e. The molecule has 0 atom stereocenters. The van der Waals surface area contributed by atoms with E-state index in [4.69, 9.17) is 9.15 Å². The summed E-state index contributed by atoms with van der Waals surface area (Å²) < 4.78 is 10.4. The first kappa shape index (κ1) is 13.2. The highest BCUT2D eigenvalue weighted by molar-refractivity contribution is 5.93. The number of carbonyl (C=O) groups excluding carboxylic acids is 1. The Morgan fingerprint density at radius 3 is 3.00 bits per heavy atom. The minimum absolute atomic E-state index is 0.121.